The van der Waals surface area contributed by atoms with Gasteiger partial charge in [-0.25, -0.2) is 8.42 Å². The van der Waals surface area contributed by atoms with Gasteiger partial charge in [-0.15, -0.1) is 0 Å². The standard InChI is InChI=1S/C38H45N3O6S/c1-27(2)24-39-38(43)34(22-30-10-8-7-9-11-30)40(25-31-16-12-28(3)13-17-31)37(42)26-41(32-18-21-35(46-5)36(23-32)47-6)48(44,45)33-19-14-29(4)15-20-33/h7-21,23,27,34H,22,24-26H2,1-6H3,(H,39,43)/t34-/m0/s1. The van der Waals surface area contributed by atoms with Crippen molar-refractivity contribution in [2.45, 2.75) is 51.6 Å². The van der Waals surface area contributed by atoms with E-state index in [-0.39, 0.29) is 35.4 Å². The molecule has 0 bridgehead atoms. The Bertz CT molecular complexity index is 1780. The number of ether oxygens (including phenoxy) is 2. The number of benzene rings is 4. The molecular formula is C38H45N3O6S. The van der Waals surface area contributed by atoms with Gasteiger partial charge in [-0.1, -0.05) is 91.7 Å². The Kier molecular flexibility index (Phi) is 12.2. The molecule has 4 aromatic carbocycles. The summed E-state index contributed by atoms with van der Waals surface area (Å²) in [4.78, 5) is 30.1. The lowest BCUT2D eigenvalue weighted by Gasteiger charge is -2.34. The number of nitrogens with one attached hydrogen (secondary N) is 1. The minimum Gasteiger partial charge on any atom is -0.493 e. The van der Waals surface area contributed by atoms with Crippen LogP contribution in [0.5, 0.6) is 11.5 Å². The van der Waals surface area contributed by atoms with Crippen molar-refractivity contribution < 1.29 is 27.5 Å². The monoisotopic (exact) mass is 671 g/mol. The van der Waals surface area contributed by atoms with Crippen molar-refractivity contribution in [3.63, 3.8) is 0 Å². The molecule has 48 heavy (non-hydrogen) atoms. The highest BCUT2D eigenvalue weighted by molar-refractivity contribution is 7.92. The van der Waals surface area contributed by atoms with Crippen LogP contribution in [0.2, 0.25) is 0 Å². The van der Waals surface area contributed by atoms with Gasteiger partial charge >= 0.3 is 0 Å². The lowest BCUT2D eigenvalue weighted by molar-refractivity contribution is -0.140. The Hall–Kier alpha value is -4.83. The van der Waals surface area contributed by atoms with E-state index in [4.69, 9.17) is 9.47 Å². The van der Waals surface area contributed by atoms with Gasteiger partial charge in [0.05, 0.1) is 24.8 Å². The Morgan fingerprint density at radius 1 is 0.771 bits per heavy atom. The van der Waals surface area contributed by atoms with Crippen LogP contribution in [0.15, 0.2) is 102 Å². The molecule has 0 unspecified atom stereocenters. The highest BCUT2D eigenvalue weighted by Crippen LogP contribution is 2.34. The highest BCUT2D eigenvalue weighted by Gasteiger charge is 2.35. The van der Waals surface area contributed by atoms with Gasteiger partial charge in [0, 0.05) is 25.6 Å². The van der Waals surface area contributed by atoms with E-state index in [9.17, 15) is 18.0 Å². The Balaban J connectivity index is 1.83. The normalized spacial score (nSPS) is 11.9. The molecule has 0 aliphatic carbocycles. The van der Waals surface area contributed by atoms with Gasteiger partial charge in [-0.05, 0) is 55.2 Å². The lowest BCUT2D eigenvalue weighted by atomic mass is 10.0. The van der Waals surface area contributed by atoms with Gasteiger partial charge in [0.2, 0.25) is 11.8 Å². The first kappa shape index (κ1) is 36.0. The van der Waals surface area contributed by atoms with Crippen LogP contribution in [0.1, 0.15) is 36.1 Å². The Morgan fingerprint density at radius 2 is 1.38 bits per heavy atom. The molecule has 4 rings (SSSR count). The summed E-state index contributed by atoms with van der Waals surface area (Å²) in [5, 5.41) is 3.01. The number of aryl methyl sites for hydroxylation is 2. The summed E-state index contributed by atoms with van der Waals surface area (Å²) < 4.78 is 40.6. The number of hydrogen-bond donors (Lipinski definition) is 1. The van der Waals surface area contributed by atoms with Gasteiger partial charge in [-0.3, -0.25) is 13.9 Å². The van der Waals surface area contributed by atoms with E-state index < -0.39 is 28.5 Å². The number of anilines is 1. The fraction of sp³-hybridized carbons (Fsp3) is 0.316. The van der Waals surface area contributed by atoms with E-state index in [1.807, 2.05) is 82.3 Å². The van der Waals surface area contributed by atoms with Crippen molar-refractivity contribution in [1.29, 1.82) is 0 Å². The van der Waals surface area contributed by atoms with Crippen LogP contribution in [0.3, 0.4) is 0 Å². The van der Waals surface area contributed by atoms with Crippen molar-refractivity contribution in [3.05, 3.63) is 119 Å². The van der Waals surface area contributed by atoms with Crippen molar-refractivity contribution in [3.8, 4) is 11.5 Å². The van der Waals surface area contributed by atoms with E-state index in [2.05, 4.69) is 5.32 Å². The third-order valence-corrected chi connectivity index (χ3v) is 9.76. The van der Waals surface area contributed by atoms with Gasteiger partial charge in [0.15, 0.2) is 11.5 Å². The van der Waals surface area contributed by atoms with Gasteiger partial charge in [0.1, 0.15) is 12.6 Å². The molecular weight excluding hydrogens is 627 g/mol. The fourth-order valence-corrected chi connectivity index (χ4v) is 6.62. The molecule has 0 saturated carbocycles. The van der Waals surface area contributed by atoms with Gasteiger partial charge in [-0.2, -0.15) is 0 Å². The first-order valence-electron chi connectivity index (χ1n) is 15.9. The maximum absolute atomic E-state index is 14.7. The van der Waals surface area contributed by atoms with E-state index in [0.29, 0.717) is 18.0 Å². The van der Waals surface area contributed by atoms with Crippen molar-refractivity contribution >= 4 is 27.5 Å². The zero-order valence-corrected chi connectivity index (χ0v) is 29.3. The minimum absolute atomic E-state index is 0.0243. The van der Waals surface area contributed by atoms with Crippen LogP contribution >= 0.6 is 0 Å². The molecule has 0 aliphatic heterocycles. The first-order valence-corrected chi connectivity index (χ1v) is 17.3. The largest absolute Gasteiger partial charge is 0.493 e. The maximum Gasteiger partial charge on any atom is 0.264 e. The summed E-state index contributed by atoms with van der Waals surface area (Å²) in [7, 11) is -1.31. The molecule has 0 fully saturated rings. The Morgan fingerprint density at radius 3 is 1.96 bits per heavy atom. The van der Waals surface area contributed by atoms with Crippen molar-refractivity contribution in [2.24, 2.45) is 5.92 Å². The summed E-state index contributed by atoms with van der Waals surface area (Å²) in [5.74, 6) is 0.0469. The van der Waals surface area contributed by atoms with E-state index in [1.54, 1.807) is 24.3 Å². The predicted octanol–water partition coefficient (Wildman–Crippen LogP) is 5.93. The van der Waals surface area contributed by atoms with Crippen LogP contribution in [-0.2, 0) is 32.6 Å². The molecule has 1 atom stereocenters. The molecule has 1 N–H and O–H groups in total. The van der Waals surface area contributed by atoms with E-state index in [1.165, 1.54) is 37.3 Å². The number of methoxy groups -OCH3 is 2. The molecule has 10 heteroatoms. The lowest BCUT2D eigenvalue weighted by Crippen LogP contribution is -2.53. The average Bonchev–Trinajstić information content (AvgIpc) is 3.08. The van der Waals surface area contributed by atoms with Gasteiger partial charge < -0.3 is 19.7 Å². The summed E-state index contributed by atoms with van der Waals surface area (Å²) in [6.07, 6.45) is 0.240. The van der Waals surface area contributed by atoms with Gasteiger partial charge in [0.25, 0.3) is 10.0 Å². The second-order valence-electron chi connectivity index (χ2n) is 12.2. The van der Waals surface area contributed by atoms with Crippen LogP contribution in [0.4, 0.5) is 5.69 Å². The molecule has 0 spiro atoms. The molecule has 0 aromatic heterocycles. The fourth-order valence-electron chi connectivity index (χ4n) is 5.21. The molecule has 2 amide bonds. The number of sulfonamides is 1. The number of carbonyl (C=O) groups excluding carboxylic acids is 2. The number of nitrogens with zero attached hydrogens (tertiary/aromatic N) is 2. The van der Waals surface area contributed by atoms with Crippen molar-refractivity contribution in [1.82, 2.24) is 10.2 Å². The topological polar surface area (TPSA) is 105 Å². The molecule has 0 heterocycles. The molecule has 254 valence electrons. The van der Waals surface area contributed by atoms with Crippen LogP contribution in [-0.4, -0.2) is 58.5 Å². The average molecular weight is 672 g/mol. The molecule has 0 radical (unpaired) electrons. The second-order valence-corrected chi connectivity index (χ2v) is 14.1. The predicted molar refractivity (Wildman–Crippen MR) is 189 cm³/mol. The summed E-state index contributed by atoms with van der Waals surface area (Å²) >= 11 is 0. The first-order chi connectivity index (χ1) is 22.9. The van der Waals surface area contributed by atoms with E-state index in [0.717, 1.165) is 26.6 Å². The molecule has 9 nitrogen and oxygen atoms in total. The van der Waals surface area contributed by atoms with Crippen LogP contribution < -0.4 is 19.1 Å². The zero-order chi connectivity index (χ0) is 34.8. The SMILES string of the molecule is COc1ccc(N(CC(=O)N(Cc2ccc(C)cc2)[C@@H](Cc2ccccc2)C(=O)NCC(C)C)S(=O)(=O)c2ccc(C)cc2)cc1OC. The summed E-state index contributed by atoms with van der Waals surface area (Å²) in [6, 6.07) is 27.4. The summed E-state index contributed by atoms with van der Waals surface area (Å²) in [5.41, 5.74) is 3.83. The molecule has 0 aliphatic rings. The second kappa shape index (κ2) is 16.3. The number of amides is 2. The smallest absolute Gasteiger partial charge is 0.264 e. The minimum atomic E-state index is -4.26. The Labute approximate surface area is 284 Å². The molecule has 4 aromatic rings. The number of rotatable bonds is 15. The van der Waals surface area contributed by atoms with Crippen LogP contribution in [0.25, 0.3) is 0 Å². The molecule has 0 saturated heterocycles. The maximum atomic E-state index is 14.7. The quantitative estimate of drug-likeness (QED) is 0.168. The van der Waals surface area contributed by atoms with E-state index >= 15 is 0 Å². The zero-order valence-electron chi connectivity index (χ0n) is 28.5. The highest BCUT2D eigenvalue weighted by atomic mass is 32.2. The summed E-state index contributed by atoms with van der Waals surface area (Å²) in [6.45, 7) is 7.79. The third kappa shape index (κ3) is 9.16. The van der Waals surface area contributed by atoms with Crippen molar-refractivity contribution in [2.75, 3.05) is 31.6 Å². The number of hydrogen-bond acceptors (Lipinski definition) is 6. The van der Waals surface area contributed by atoms with Crippen LogP contribution in [0, 0.1) is 19.8 Å². The number of carbonyl (C=O) groups is 2. The third-order valence-electron chi connectivity index (χ3n) is 7.97.